The summed E-state index contributed by atoms with van der Waals surface area (Å²) in [5.74, 6) is -0.842. The number of amides is 2. The minimum Gasteiger partial charge on any atom is -0.454 e. The van der Waals surface area contributed by atoms with E-state index in [1.165, 1.54) is 4.90 Å². The fourth-order valence-corrected chi connectivity index (χ4v) is 8.56. The molecule has 3 aliphatic rings. The van der Waals surface area contributed by atoms with Crippen molar-refractivity contribution < 1.29 is 23.9 Å². The first-order valence-electron chi connectivity index (χ1n) is 16.2. The summed E-state index contributed by atoms with van der Waals surface area (Å²) in [6, 6.07) is 29.7. The maximum absolute atomic E-state index is 13.6. The number of rotatable bonds is 7. The molecular formula is C40H31BrN2O5. The number of hydrogen-bond donors (Lipinski definition) is 0. The van der Waals surface area contributed by atoms with E-state index in [0.29, 0.717) is 45.2 Å². The highest BCUT2D eigenvalue weighted by Crippen LogP contribution is 2.56. The van der Waals surface area contributed by atoms with Gasteiger partial charge in [0.15, 0.2) is 12.4 Å². The summed E-state index contributed by atoms with van der Waals surface area (Å²) in [6.45, 7) is 1.51. The molecule has 8 heteroatoms. The van der Waals surface area contributed by atoms with Gasteiger partial charge in [-0.2, -0.15) is 0 Å². The average molecular weight is 700 g/mol. The van der Waals surface area contributed by atoms with Gasteiger partial charge in [0.25, 0.3) is 0 Å². The second-order valence-electron chi connectivity index (χ2n) is 13.1. The number of fused-ring (bicyclic) bond motifs is 6. The molecule has 48 heavy (non-hydrogen) atoms. The Bertz CT molecular complexity index is 2100. The van der Waals surface area contributed by atoms with Crippen molar-refractivity contribution in [3.05, 3.63) is 118 Å². The summed E-state index contributed by atoms with van der Waals surface area (Å²) >= 11 is 3.53. The van der Waals surface area contributed by atoms with Crippen LogP contribution in [-0.4, -0.2) is 35.2 Å². The largest absolute Gasteiger partial charge is 0.454 e. The number of ketones is 1. The topological polar surface area (TPSA) is 93.6 Å². The van der Waals surface area contributed by atoms with E-state index in [-0.39, 0.29) is 35.0 Å². The minimum absolute atomic E-state index is 0.0818. The molecule has 2 amide bonds. The van der Waals surface area contributed by atoms with Crippen molar-refractivity contribution >= 4 is 56.1 Å². The SMILES string of the molecule is Cc1cc(Br)cc2c(C(=O)OCC(=O)c3ccc(-c4ccccc4)cc3)cc(-c3ccc(N4C(=O)C5C6CCC(C6)C5C4=O)cc3)nc12. The molecule has 7 nitrogen and oxygen atoms in total. The number of esters is 1. The lowest BCUT2D eigenvalue weighted by Gasteiger charge is -2.19. The third kappa shape index (κ3) is 5.15. The van der Waals surface area contributed by atoms with Crippen LogP contribution in [0.2, 0.25) is 0 Å². The fourth-order valence-electron chi connectivity index (χ4n) is 7.99. The van der Waals surface area contributed by atoms with Gasteiger partial charge in [-0.25, -0.2) is 9.78 Å². The zero-order valence-electron chi connectivity index (χ0n) is 26.2. The second kappa shape index (κ2) is 11.9. The summed E-state index contributed by atoms with van der Waals surface area (Å²) in [5.41, 5.74) is 6.05. The van der Waals surface area contributed by atoms with Crippen LogP contribution in [-0.2, 0) is 14.3 Å². The number of carbonyl (C=O) groups is 4. The van der Waals surface area contributed by atoms with E-state index in [4.69, 9.17) is 9.72 Å². The van der Waals surface area contributed by atoms with Crippen LogP contribution in [0.15, 0.2) is 102 Å². The first-order valence-corrected chi connectivity index (χ1v) is 17.0. The van der Waals surface area contributed by atoms with Gasteiger partial charge in [0.05, 0.1) is 34.3 Å². The number of Topliss-reactive ketones (excluding diaryl/α,β-unsaturated/α-hetero) is 1. The predicted octanol–water partition coefficient (Wildman–Crippen LogP) is 8.21. The lowest BCUT2D eigenvalue weighted by molar-refractivity contribution is -0.123. The first kappa shape index (κ1) is 30.4. The Kier molecular flexibility index (Phi) is 7.56. The van der Waals surface area contributed by atoms with Gasteiger partial charge in [-0.3, -0.25) is 19.3 Å². The van der Waals surface area contributed by atoms with Crippen LogP contribution in [0.1, 0.15) is 45.5 Å². The van der Waals surface area contributed by atoms with Crippen molar-refractivity contribution in [2.75, 3.05) is 11.5 Å². The van der Waals surface area contributed by atoms with Crippen molar-refractivity contribution in [2.45, 2.75) is 26.2 Å². The second-order valence-corrected chi connectivity index (χ2v) is 14.0. The van der Waals surface area contributed by atoms with Gasteiger partial charge in [0.1, 0.15) is 0 Å². The van der Waals surface area contributed by atoms with Gasteiger partial charge < -0.3 is 4.74 Å². The number of ether oxygens (including phenoxy) is 1. The normalized spacial score (nSPS) is 21.2. The summed E-state index contributed by atoms with van der Waals surface area (Å²) in [6.07, 6.45) is 3.05. The number of aromatic nitrogens is 1. The van der Waals surface area contributed by atoms with Crippen molar-refractivity contribution in [3.8, 4) is 22.4 Å². The number of hydrogen-bond acceptors (Lipinski definition) is 6. The molecule has 8 rings (SSSR count). The van der Waals surface area contributed by atoms with Crippen LogP contribution in [0.25, 0.3) is 33.3 Å². The van der Waals surface area contributed by atoms with E-state index >= 15 is 0 Å². The number of benzene rings is 4. The van der Waals surface area contributed by atoms with Gasteiger partial charge in [0.2, 0.25) is 11.8 Å². The highest BCUT2D eigenvalue weighted by molar-refractivity contribution is 9.10. The minimum atomic E-state index is -0.638. The Labute approximate surface area is 286 Å². The summed E-state index contributed by atoms with van der Waals surface area (Å²) < 4.78 is 6.38. The quantitative estimate of drug-likeness (QED) is 0.0966. The molecule has 2 aliphatic carbocycles. The van der Waals surface area contributed by atoms with E-state index in [9.17, 15) is 19.2 Å². The number of halogens is 1. The van der Waals surface area contributed by atoms with Crippen LogP contribution in [0.5, 0.6) is 0 Å². The van der Waals surface area contributed by atoms with Crippen LogP contribution >= 0.6 is 15.9 Å². The van der Waals surface area contributed by atoms with Crippen molar-refractivity contribution in [1.82, 2.24) is 4.98 Å². The van der Waals surface area contributed by atoms with Crippen molar-refractivity contribution in [3.63, 3.8) is 0 Å². The number of aryl methyl sites for hydroxylation is 1. The summed E-state index contributed by atoms with van der Waals surface area (Å²) in [7, 11) is 0. The number of imide groups is 1. The zero-order valence-corrected chi connectivity index (χ0v) is 27.8. The standard InChI is InChI=1S/C40H31BrN2O5/c1-22-17-29(41)19-31-32(40(47)48-21-34(44)26-9-7-24(8-10-26)23-5-3-2-4-6-23)20-33(42-37(22)31)25-13-15-30(16-14-25)43-38(45)35-27-11-12-28(18-27)36(35)39(43)46/h2-10,13-17,19-20,27-28,35-36H,11-12,18,21H2,1H3. The molecule has 2 saturated carbocycles. The Morgan fingerprint density at radius 1 is 0.812 bits per heavy atom. The molecule has 0 radical (unpaired) electrons. The molecule has 4 unspecified atom stereocenters. The van der Waals surface area contributed by atoms with Gasteiger partial charge in [0, 0.05) is 21.0 Å². The third-order valence-corrected chi connectivity index (χ3v) is 10.7. The maximum Gasteiger partial charge on any atom is 0.339 e. The van der Waals surface area contributed by atoms with Gasteiger partial charge in [-0.1, -0.05) is 82.7 Å². The molecule has 1 aromatic heterocycles. The molecule has 2 bridgehead atoms. The number of carbonyl (C=O) groups excluding carboxylic acids is 4. The zero-order chi connectivity index (χ0) is 33.1. The Morgan fingerprint density at radius 2 is 1.44 bits per heavy atom. The molecule has 0 N–H and O–H groups in total. The molecule has 4 aromatic carbocycles. The molecule has 238 valence electrons. The smallest absolute Gasteiger partial charge is 0.339 e. The first-order chi connectivity index (χ1) is 23.3. The van der Waals surface area contributed by atoms with E-state index in [1.54, 1.807) is 30.3 Å². The highest BCUT2D eigenvalue weighted by atomic mass is 79.9. The highest BCUT2D eigenvalue weighted by Gasteiger charge is 2.61. The van der Waals surface area contributed by atoms with E-state index in [2.05, 4.69) is 15.9 Å². The third-order valence-electron chi connectivity index (χ3n) is 10.3. The van der Waals surface area contributed by atoms with Crippen LogP contribution < -0.4 is 4.90 Å². The molecule has 4 atom stereocenters. The van der Waals surface area contributed by atoms with Crippen LogP contribution in [0.3, 0.4) is 0 Å². The number of pyridine rings is 1. The van der Waals surface area contributed by atoms with Crippen LogP contribution in [0.4, 0.5) is 5.69 Å². The van der Waals surface area contributed by atoms with Gasteiger partial charge >= 0.3 is 5.97 Å². The van der Waals surface area contributed by atoms with E-state index < -0.39 is 12.6 Å². The number of anilines is 1. The Hall–Kier alpha value is -4.95. The van der Waals surface area contributed by atoms with Crippen LogP contribution in [0, 0.1) is 30.6 Å². The maximum atomic E-state index is 13.6. The molecule has 5 aromatic rings. The molecule has 0 spiro atoms. The van der Waals surface area contributed by atoms with E-state index in [0.717, 1.165) is 40.4 Å². The summed E-state index contributed by atoms with van der Waals surface area (Å²) in [5, 5.41) is 0.598. The Morgan fingerprint density at radius 3 is 2.10 bits per heavy atom. The monoisotopic (exact) mass is 698 g/mol. The van der Waals surface area contributed by atoms with Crippen molar-refractivity contribution in [1.29, 1.82) is 0 Å². The van der Waals surface area contributed by atoms with E-state index in [1.807, 2.05) is 73.7 Å². The molecule has 1 aliphatic heterocycles. The lowest BCUT2D eigenvalue weighted by atomic mass is 9.81. The molecule has 2 heterocycles. The van der Waals surface area contributed by atoms with Gasteiger partial charge in [-0.05, 0) is 85.0 Å². The summed E-state index contributed by atoms with van der Waals surface area (Å²) in [4.78, 5) is 59.6. The Balaban J connectivity index is 1.05. The number of nitrogens with zero attached hydrogens (tertiary/aromatic N) is 2. The average Bonchev–Trinajstić information content (AvgIpc) is 3.80. The molecule has 3 fully saturated rings. The lowest BCUT2D eigenvalue weighted by Crippen LogP contribution is -2.32. The van der Waals surface area contributed by atoms with Gasteiger partial charge in [-0.15, -0.1) is 0 Å². The fraction of sp³-hybridized carbons (Fsp3) is 0.225. The predicted molar refractivity (Wildman–Crippen MR) is 186 cm³/mol. The van der Waals surface area contributed by atoms with Crippen molar-refractivity contribution in [2.24, 2.45) is 23.7 Å². The molecule has 1 saturated heterocycles. The molecular weight excluding hydrogens is 668 g/mol.